The maximum atomic E-state index is 12.5. The van der Waals surface area contributed by atoms with E-state index < -0.39 is 10.0 Å². The van der Waals surface area contributed by atoms with E-state index in [1.165, 1.54) is 18.2 Å². The number of benzene rings is 2. The molecular formula is C19H18N8O3S. The number of nitrogens with one attached hydrogen (secondary N) is 3. The van der Waals surface area contributed by atoms with Crippen LogP contribution < -0.4 is 15.8 Å². The average Bonchev–Trinajstić information content (AvgIpc) is 3.32. The van der Waals surface area contributed by atoms with E-state index in [4.69, 9.17) is 10.3 Å². The van der Waals surface area contributed by atoms with Crippen LogP contribution in [0.5, 0.6) is 0 Å². The third-order valence-corrected chi connectivity index (χ3v) is 5.45. The van der Waals surface area contributed by atoms with Crippen molar-refractivity contribution >= 4 is 44.5 Å². The van der Waals surface area contributed by atoms with E-state index in [1.807, 2.05) is 18.2 Å². The molecule has 0 saturated carbocycles. The number of aryl methyl sites for hydroxylation is 1. The second-order valence-corrected chi connectivity index (χ2v) is 8.13. The summed E-state index contributed by atoms with van der Waals surface area (Å²) >= 11 is 0. The first-order valence-corrected chi connectivity index (χ1v) is 10.5. The van der Waals surface area contributed by atoms with E-state index in [-0.39, 0.29) is 16.5 Å². The Kier molecular flexibility index (Phi) is 5.37. The molecule has 0 spiro atoms. The summed E-state index contributed by atoms with van der Waals surface area (Å²) in [5.41, 5.74) is 7.49. The van der Waals surface area contributed by atoms with Gasteiger partial charge in [0.25, 0.3) is 10.0 Å². The molecule has 11 nitrogen and oxygen atoms in total. The number of anilines is 4. The molecule has 0 saturated heterocycles. The van der Waals surface area contributed by atoms with E-state index in [2.05, 4.69) is 35.6 Å². The average molecular weight is 438 g/mol. The van der Waals surface area contributed by atoms with Crippen molar-refractivity contribution in [3.63, 3.8) is 0 Å². The molecule has 0 bridgehead atoms. The van der Waals surface area contributed by atoms with Gasteiger partial charge in [-0.1, -0.05) is 23.4 Å². The highest BCUT2D eigenvalue weighted by atomic mass is 32.2. The van der Waals surface area contributed by atoms with E-state index in [0.717, 1.165) is 0 Å². The molecule has 0 aliphatic heterocycles. The molecule has 158 valence electrons. The number of hydrogen-bond acceptors (Lipinski definition) is 9. The molecule has 5 N–H and O–H groups in total. The Morgan fingerprint density at radius 3 is 2.48 bits per heavy atom. The van der Waals surface area contributed by atoms with Gasteiger partial charge in [0.1, 0.15) is 11.6 Å². The van der Waals surface area contributed by atoms with Crippen LogP contribution in [0, 0.1) is 6.92 Å². The predicted octanol–water partition coefficient (Wildman–Crippen LogP) is 4.25. The highest BCUT2D eigenvalue weighted by Crippen LogP contribution is 2.33. The second-order valence-electron chi connectivity index (χ2n) is 6.45. The number of azo groups is 1. The molecule has 0 atom stereocenters. The van der Waals surface area contributed by atoms with Gasteiger partial charge in [-0.15, -0.1) is 5.11 Å². The molecule has 31 heavy (non-hydrogen) atoms. The van der Waals surface area contributed by atoms with Crippen LogP contribution in [-0.4, -0.2) is 23.8 Å². The van der Waals surface area contributed by atoms with E-state index >= 15 is 0 Å². The van der Waals surface area contributed by atoms with Gasteiger partial charge in [-0.05, 0) is 43.3 Å². The van der Waals surface area contributed by atoms with Crippen LogP contribution in [0.3, 0.4) is 0 Å². The van der Waals surface area contributed by atoms with Crippen molar-refractivity contribution in [1.29, 1.82) is 0 Å². The van der Waals surface area contributed by atoms with Crippen molar-refractivity contribution < 1.29 is 12.9 Å². The van der Waals surface area contributed by atoms with E-state index in [0.29, 0.717) is 28.6 Å². The zero-order valence-corrected chi connectivity index (χ0v) is 17.1. The zero-order chi connectivity index (χ0) is 21.8. The van der Waals surface area contributed by atoms with E-state index in [1.54, 1.807) is 31.2 Å². The minimum atomic E-state index is -3.81. The summed E-state index contributed by atoms with van der Waals surface area (Å²) in [6.45, 7) is 1.67. The molecule has 12 heteroatoms. The number of rotatable bonds is 7. The molecule has 0 radical (unpaired) electrons. The molecule has 0 aliphatic carbocycles. The molecule has 0 fully saturated rings. The number of hydrogen-bond donors (Lipinski definition) is 4. The fourth-order valence-corrected chi connectivity index (χ4v) is 3.59. The summed E-state index contributed by atoms with van der Waals surface area (Å²) < 4.78 is 32.2. The number of H-pyrrole nitrogens is 1. The number of nitrogen functional groups attached to an aromatic ring is 1. The molecule has 4 rings (SSSR count). The minimum absolute atomic E-state index is 0.0595. The van der Waals surface area contributed by atoms with Crippen LogP contribution in [0.4, 0.5) is 34.5 Å². The lowest BCUT2D eigenvalue weighted by atomic mass is 10.3. The van der Waals surface area contributed by atoms with Crippen molar-refractivity contribution in [3.05, 3.63) is 66.4 Å². The maximum Gasteiger partial charge on any atom is 0.263 e. The topological polar surface area (TPSA) is 164 Å². The fraction of sp³-hybridized carbons (Fsp3) is 0.0526. The maximum absolute atomic E-state index is 12.5. The minimum Gasteiger partial charge on any atom is -0.382 e. The van der Waals surface area contributed by atoms with Crippen LogP contribution in [-0.2, 0) is 10.0 Å². The van der Waals surface area contributed by atoms with Crippen LogP contribution >= 0.6 is 0 Å². The summed E-state index contributed by atoms with van der Waals surface area (Å²) in [4.78, 5) is 0.0595. The number of nitrogens with zero attached hydrogens (tertiary/aromatic N) is 4. The van der Waals surface area contributed by atoms with Gasteiger partial charge >= 0.3 is 0 Å². The molecule has 2 aromatic heterocycles. The highest BCUT2D eigenvalue weighted by molar-refractivity contribution is 7.92. The van der Waals surface area contributed by atoms with Crippen molar-refractivity contribution in [3.8, 4) is 0 Å². The Balaban J connectivity index is 1.50. The second kappa shape index (κ2) is 8.28. The lowest BCUT2D eigenvalue weighted by Crippen LogP contribution is -2.13. The van der Waals surface area contributed by atoms with Crippen LogP contribution in [0.25, 0.3) is 0 Å². The number of sulfonamides is 1. The Bertz CT molecular complexity index is 1310. The third kappa shape index (κ3) is 4.70. The van der Waals surface area contributed by atoms with E-state index in [9.17, 15) is 8.42 Å². The monoisotopic (exact) mass is 438 g/mol. The third-order valence-electron chi connectivity index (χ3n) is 4.08. The quantitative estimate of drug-likeness (QED) is 0.313. The fourth-order valence-electron chi connectivity index (χ4n) is 2.61. The van der Waals surface area contributed by atoms with Gasteiger partial charge in [0.05, 0.1) is 10.6 Å². The summed E-state index contributed by atoms with van der Waals surface area (Å²) in [5, 5.41) is 21.7. The normalized spacial score (nSPS) is 11.6. The first-order chi connectivity index (χ1) is 14.9. The number of aromatic amines is 1. The Morgan fingerprint density at radius 2 is 1.81 bits per heavy atom. The lowest BCUT2D eigenvalue weighted by molar-refractivity contribution is 0.400. The molecular weight excluding hydrogens is 420 g/mol. The first kappa shape index (κ1) is 20.1. The summed E-state index contributed by atoms with van der Waals surface area (Å²) in [7, 11) is -3.81. The van der Waals surface area contributed by atoms with Crippen molar-refractivity contribution in [2.24, 2.45) is 10.2 Å². The predicted molar refractivity (Wildman–Crippen MR) is 115 cm³/mol. The Hall–Kier alpha value is -4.19. The van der Waals surface area contributed by atoms with Gasteiger partial charge in [0.2, 0.25) is 0 Å². The standard InChI is InChI=1S/C19H18N8O3S/c1-12-11-16(26-30-12)27-31(28,29)15-9-7-13(8-10-15)21-19-17(18(20)24-25-19)23-22-14-5-3-2-4-6-14/h2-11H,1H3,(H,26,27)(H4,20,21,24,25). The first-order valence-electron chi connectivity index (χ1n) is 9.04. The summed E-state index contributed by atoms with van der Waals surface area (Å²) in [6, 6.07) is 16.7. The van der Waals surface area contributed by atoms with Gasteiger partial charge in [0.15, 0.2) is 17.3 Å². The van der Waals surface area contributed by atoms with Crippen molar-refractivity contribution in [1.82, 2.24) is 15.4 Å². The highest BCUT2D eigenvalue weighted by Gasteiger charge is 2.17. The van der Waals surface area contributed by atoms with Crippen LogP contribution in [0.15, 0.2) is 80.3 Å². The number of nitrogens with two attached hydrogens (primary N) is 1. The smallest absolute Gasteiger partial charge is 0.263 e. The Morgan fingerprint density at radius 1 is 1.06 bits per heavy atom. The lowest BCUT2D eigenvalue weighted by Gasteiger charge is -2.07. The molecule has 4 aromatic rings. The van der Waals surface area contributed by atoms with Gasteiger partial charge in [-0.2, -0.15) is 10.2 Å². The summed E-state index contributed by atoms with van der Waals surface area (Å²) in [6.07, 6.45) is 0. The largest absolute Gasteiger partial charge is 0.382 e. The Labute approximate surface area is 177 Å². The van der Waals surface area contributed by atoms with Crippen LogP contribution in [0.1, 0.15) is 5.76 Å². The molecule has 2 aromatic carbocycles. The molecule has 0 amide bonds. The van der Waals surface area contributed by atoms with Crippen LogP contribution in [0.2, 0.25) is 0 Å². The van der Waals surface area contributed by atoms with Gasteiger partial charge < -0.3 is 15.6 Å². The zero-order valence-electron chi connectivity index (χ0n) is 16.3. The SMILES string of the molecule is Cc1cc(NS(=O)(=O)c2ccc(Nc3n[nH]c(N)c3N=Nc3ccccc3)cc2)no1. The van der Waals surface area contributed by atoms with Gasteiger partial charge in [0, 0.05) is 11.8 Å². The molecule has 0 unspecified atom stereocenters. The van der Waals surface area contributed by atoms with Crippen molar-refractivity contribution in [2.45, 2.75) is 11.8 Å². The number of aromatic nitrogens is 3. The van der Waals surface area contributed by atoms with Crippen molar-refractivity contribution in [2.75, 3.05) is 15.8 Å². The molecule has 0 aliphatic rings. The molecule has 2 heterocycles. The van der Waals surface area contributed by atoms with Gasteiger partial charge in [-0.3, -0.25) is 9.82 Å². The summed E-state index contributed by atoms with van der Waals surface area (Å²) in [5.74, 6) is 1.20. The van der Waals surface area contributed by atoms with Gasteiger partial charge in [-0.25, -0.2) is 8.42 Å².